The third kappa shape index (κ3) is 4.69. The van der Waals surface area contributed by atoms with Crippen molar-refractivity contribution >= 4 is 11.6 Å². The maximum atomic E-state index is 11.9. The van der Waals surface area contributed by atoms with Gasteiger partial charge in [0.25, 0.3) is 5.91 Å². The lowest BCUT2D eigenvalue weighted by Crippen LogP contribution is -2.18. The summed E-state index contributed by atoms with van der Waals surface area (Å²) >= 11 is 0. The van der Waals surface area contributed by atoms with E-state index in [-0.39, 0.29) is 11.8 Å². The van der Waals surface area contributed by atoms with Crippen LogP contribution in [0.5, 0.6) is 0 Å². The molecule has 0 aliphatic rings. The van der Waals surface area contributed by atoms with Gasteiger partial charge in [-0.3, -0.25) is 9.78 Å². The Labute approximate surface area is 171 Å². The highest BCUT2D eigenvalue weighted by Crippen LogP contribution is 2.32. The van der Waals surface area contributed by atoms with Gasteiger partial charge in [0, 0.05) is 42.4 Å². The second-order valence-electron chi connectivity index (χ2n) is 7.05. The van der Waals surface area contributed by atoms with E-state index in [0.717, 1.165) is 27.9 Å². The highest BCUT2D eigenvalue weighted by atomic mass is 16.4. The van der Waals surface area contributed by atoms with Gasteiger partial charge in [0.2, 0.25) is 0 Å². The molecule has 0 bridgehead atoms. The van der Waals surface area contributed by atoms with E-state index in [1.807, 2.05) is 55.5 Å². The number of pyridine rings is 1. The third-order valence-corrected chi connectivity index (χ3v) is 5.11. The van der Waals surface area contributed by atoms with Crippen LogP contribution in [0.25, 0.3) is 0 Å². The number of benzene rings is 2. The molecule has 0 aliphatic heterocycles. The first-order valence-corrected chi connectivity index (χ1v) is 9.55. The molecule has 5 nitrogen and oxygen atoms in total. The lowest BCUT2D eigenvalue weighted by atomic mass is 9.83. The van der Waals surface area contributed by atoms with E-state index in [0.29, 0.717) is 17.7 Å². The number of amides is 1. The average Bonchev–Trinajstić information content (AvgIpc) is 2.75. The van der Waals surface area contributed by atoms with E-state index in [1.165, 1.54) is 0 Å². The molecule has 2 aromatic carbocycles. The van der Waals surface area contributed by atoms with Crippen LogP contribution in [0, 0.1) is 13.8 Å². The second kappa shape index (κ2) is 9.15. The molecule has 0 saturated heterocycles. The van der Waals surface area contributed by atoms with Crippen molar-refractivity contribution in [2.75, 3.05) is 7.05 Å². The van der Waals surface area contributed by atoms with Crippen LogP contribution in [-0.4, -0.2) is 28.9 Å². The summed E-state index contributed by atoms with van der Waals surface area (Å²) in [5.74, 6) is -0.136. The van der Waals surface area contributed by atoms with Crippen molar-refractivity contribution < 1.29 is 10.0 Å². The lowest BCUT2D eigenvalue weighted by molar-refractivity contribution is 0.0963. The van der Waals surface area contributed by atoms with Crippen molar-refractivity contribution in [3.05, 3.63) is 100 Å². The molecular weight excluding hydrogens is 362 g/mol. The Morgan fingerprint density at radius 3 is 2.41 bits per heavy atom. The normalized spacial score (nSPS) is 12.4. The summed E-state index contributed by atoms with van der Waals surface area (Å²) < 4.78 is 0. The highest BCUT2D eigenvalue weighted by molar-refractivity contribution is 6.01. The molecule has 1 aromatic heterocycles. The largest absolute Gasteiger partial charge is 0.411 e. The fraction of sp³-hybridized carbons (Fsp3) is 0.208. The Balaban J connectivity index is 2.02. The maximum absolute atomic E-state index is 11.9. The van der Waals surface area contributed by atoms with Gasteiger partial charge in [-0.25, -0.2) is 0 Å². The molecule has 1 amide bonds. The molecular formula is C24H25N3O2. The van der Waals surface area contributed by atoms with E-state index < -0.39 is 0 Å². The number of carbonyl (C=O) groups excluding carboxylic acids is 1. The van der Waals surface area contributed by atoms with Gasteiger partial charge < -0.3 is 10.5 Å². The first kappa shape index (κ1) is 20.3. The molecule has 0 aliphatic carbocycles. The first-order valence-electron chi connectivity index (χ1n) is 9.55. The minimum atomic E-state index is -0.117. The Bertz CT molecular complexity index is 1030. The molecule has 5 heteroatoms. The predicted octanol–water partition coefficient (Wildman–Crippen LogP) is 4.46. The monoisotopic (exact) mass is 387 g/mol. The van der Waals surface area contributed by atoms with Gasteiger partial charge in [0.15, 0.2) is 0 Å². The van der Waals surface area contributed by atoms with E-state index >= 15 is 0 Å². The SMILES string of the molecule is CNC(=O)c1ccc(C(C/C(=N/O)c2ccnc(C)c2)c2ccccc2C)cc1. The van der Waals surface area contributed by atoms with Gasteiger partial charge >= 0.3 is 0 Å². The van der Waals surface area contributed by atoms with Crippen LogP contribution in [0.4, 0.5) is 0 Å². The summed E-state index contributed by atoms with van der Waals surface area (Å²) in [6.45, 7) is 3.99. The summed E-state index contributed by atoms with van der Waals surface area (Å²) in [7, 11) is 1.62. The molecule has 3 aromatic rings. The third-order valence-electron chi connectivity index (χ3n) is 5.11. The summed E-state index contributed by atoms with van der Waals surface area (Å²) in [6.07, 6.45) is 2.24. The molecule has 0 radical (unpaired) electrons. The predicted molar refractivity (Wildman–Crippen MR) is 115 cm³/mol. The molecule has 1 heterocycles. The Morgan fingerprint density at radius 1 is 1.07 bits per heavy atom. The number of aryl methyl sites for hydroxylation is 2. The molecule has 0 saturated carbocycles. The Morgan fingerprint density at radius 2 is 1.79 bits per heavy atom. The number of hydrogen-bond donors (Lipinski definition) is 2. The van der Waals surface area contributed by atoms with Crippen LogP contribution in [0.15, 0.2) is 72.0 Å². The van der Waals surface area contributed by atoms with E-state index in [1.54, 1.807) is 13.2 Å². The number of nitrogens with one attached hydrogen (secondary N) is 1. The number of carbonyl (C=O) groups is 1. The number of aromatic nitrogens is 1. The quantitative estimate of drug-likeness (QED) is 0.373. The van der Waals surface area contributed by atoms with Gasteiger partial charge in [-0.1, -0.05) is 41.6 Å². The summed E-state index contributed by atoms with van der Waals surface area (Å²) in [6, 6.07) is 19.6. The first-order chi connectivity index (χ1) is 14.0. The van der Waals surface area contributed by atoms with Gasteiger partial charge in [-0.15, -0.1) is 0 Å². The number of nitrogens with zero attached hydrogens (tertiary/aromatic N) is 2. The Kier molecular flexibility index (Phi) is 6.39. The zero-order valence-corrected chi connectivity index (χ0v) is 16.9. The summed E-state index contributed by atoms with van der Waals surface area (Å²) in [5.41, 5.74) is 6.30. The summed E-state index contributed by atoms with van der Waals surface area (Å²) in [5, 5.41) is 16.0. The molecule has 2 N–H and O–H groups in total. The van der Waals surface area contributed by atoms with Crippen molar-refractivity contribution in [1.29, 1.82) is 0 Å². The van der Waals surface area contributed by atoms with Gasteiger partial charge in [-0.2, -0.15) is 0 Å². The van der Waals surface area contributed by atoms with Crippen LogP contribution in [0.2, 0.25) is 0 Å². The van der Waals surface area contributed by atoms with E-state index in [9.17, 15) is 10.0 Å². The van der Waals surface area contributed by atoms with Crippen molar-refractivity contribution in [1.82, 2.24) is 10.3 Å². The maximum Gasteiger partial charge on any atom is 0.251 e. The topological polar surface area (TPSA) is 74.6 Å². The highest BCUT2D eigenvalue weighted by Gasteiger charge is 2.21. The van der Waals surface area contributed by atoms with Crippen molar-refractivity contribution in [2.45, 2.75) is 26.2 Å². The van der Waals surface area contributed by atoms with Crippen LogP contribution in [-0.2, 0) is 0 Å². The smallest absolute Gasteiger partial charge is 0.251 e. The van der Waals surface area contributed by atoms with Crippen molar-refractivity contribution in [3.8, 4) is 0 Å². The lowest BCUT2D eigenvalue weighted by Gasteiger charge is -2.21. The standard InChI is InChI=1S/C24H25N3O2/c1-16-6-4-5-7-21(16)22(18-8-10-19(11-9-18)24(28)25-3)15-23(27-29)20-12-13-26-17(2)14-20/h4-14,22,29H,15H2,1-3H3,(H,25,28)/b27-23-. The zero-order valence-electron chi connectivity index (χ0n) is 16.9. The minimum absolute atomic E-state index is 0.0192. The van der Waals surface area contributed by atoms with E-state index in [4.69, 9.17) is 0 Å². The van der Waals surface area contributed by atoms with Crippen molar-refractivity contribution in [2.24, 2.45) is 5.16 Å². The van der Waals surface area contributed by atoms with Gasteiger partial charge in [-0.05, 0) is 54.8 Å². The fourth-order valence-corrected chi connectivity index (χ4v) is 3.53. The van der Waals surface area contributed by atoms with Crippen molar-refractivity contribution in [3.63, 3.8) is 0 Å². The van der Waals surface area contributed by atoms with Crippen LogP contribution in [0.3, 0.4) is 0 Å². The average molecular weight is 387 g/mol. The number of hydrogen-bond acceptors (Lipinski definition) is 4. The van der Waals surface area contributed by atoms with Crippen LogP contribution < -0.4 is 5.32 Å². The molecule has 1 unspecified atom stereocenters. The second-order valence-corrected chi connectivity index (χ2v) is 7.05. The number of oxime groups is 1. The number of rotatable bonds is 6. The minimum Gasteiger partial charge on any atom is -0.411 e. The van der Waals surface area contributed by atoms with Crippen LogP contribution in [0.1, 0.15) is 50.6 Å². The molecule has 1 atom stereocenters. The van der Waals surface area contributed by atoms with Gasteiger partial charge in [0.05, 0.1) is 5.71 Å². The zero-order chi connectivity index (χ0) is 20.8. The van der Waals surface area contributed by atoms with E-state index in [2.05, 4.69) is 34.5 Å². The molecule has 148 valence electrons. The summed E-state index contributed by atoms with van der Waals surface area (Å²) in [4.78, 5) is 16.1. The molecule has 0 fully saturated rings. The molecule has 29 heavy (non-hydrogen) atoms. The fourth-order valence-electron chi connectivity index (χ4n) is 3.53. The van der Waals surface area contributed by atoms with Gasteiger partial charge in [0.1, 0.15) is 0 Å². The molecule has 3 rings (SSSR count). The van der Waals surface area contributed by atoms with Crippen LogP contribution >= 0.6 is 0 Å². The molecule has 0 spiro atoms. The Hall–Kier alpha value is -3.47.